The van der Waals surface area contributed by atoms with Crippen LogP contribution in [0.15, 0.2) is 60.7 Å². The molecular weight excluding hydrogens is 653 g/mol. The van der Waals surface area contributed by atoms with E-state index in [9.17, 15) is 30.8 Å². The number of para-hydroxylation sites is 1. The van der Waals surface area contributed by atoms with E-state index in [0.29, 0.717) is 41.7 Å². The minimum absolute atomic E-state index is 0.142. The van der Waals surface area contributed by atoms with Crippen LogP contribution in [0, 0.1) is 5.82 Å². The van der Waals surface area contributed by atoms with Gasteiger partial charge in [-0.15, -0.1) is 0 Å². The van der Waals surface area contributed by atoms with Crippen molar-refractivity contribution in [3.05, 3.63) is 98.8 Å². The van der Waals surface area contributed by atoms with Gasteiger partial charge in [-0.25, -0.2) is 12.8 Å². The number of carbonyl (C=O) groups excluding carboxylic acids is 1. The molecule has 0 aromatic heterocycles. The Balaban J connectivity index is 1.30. The normalized spacial score (nSPS) is 17.4. The van der Waals surface area contributed by atoms with Crippen LogP contribution in [0.3, 0.4) is 0 Å². The van der Waals surface area contributed by atoms with Crippen molar-refractivity contribution in [2.24, 2.45) is 0 Å². The van der Waals surface area contributed by atoms with Crippen LogP contribution >= 0.6 is 23.2 Å². The molecule has 3 aromatic carbocycles. The second-order valence-electron chi connectivity index (χ2n) is 12.0. The molecule has 242 valence electrons. The average molecular weight is 687 g/mol. The Morgan fingerprint density at radius 3 is 2.36 bits per heavy atom. The maximum atomic E-state index is 14.1. The number of alkyl halides is 3. The number of fused-ring (bicyclic) bond motifs is 2. The van der Waals surface area contributed by atoms with Crippen molar-refractivity contribution >= 4 is 44.8 Å². The van der Waals surface area contributed by atoms with Crippen LogP contribution in [0.25, 0.3) is 0 Å². The van der Waals surface area contributed by atoms with E-state index in [4.69, 9.17) is 23.2 Å². The highest BCUT2D eigenvalue weighted by Crippen LogP contribution is 2.48. The predicted molar refractivity (Wildman–Crippen MR) is 168 cm³/mol. The summed E-state index contributed by atoms with van der Waals surface area (Å²) in [7, 11) is -1.95. The summed E-state index contributed by atoms with van der Waals surface area (Å²) < 4.78 is 80.5. The molecule has 0 aliphatic carbocycles. The zero-order valence-corrected chi connectivity index (χ0v) is 27.1. The number of sulfonamides is 1. The van der Waals surface area contributed by atoms with Gasteiger partial charge in [-0.3, -0.25) is 9.10 Å². The van der Waals surface area contributed by atoms with E-state index in [1.807, 2.05) is 30.3 Å². The van der Waals surface area contributed by atoms with Crippen molar-refractivity contribution in [1.82, 2.24) is 9.80 Å². The van der Waals surface area contributed by atoms with E-state index in [1.165, 1.54) is 22.5 Å². The highest BCUT2D eigenvalue weighted by Gasteiger charge is 2.46. The molecule has 6 nitrogen and oxygen atoms in total. The summed E-state index contributed by atoms with van der Waals surface area (Å²) in [4.78, 5) is 16.8. The minimum Gasteiger partial charge on any atom is -0.341 e. The molecule has 2 aliphatic heterocycles. The number of nitrogens with zero attached hydrogens (tertiary/aromatic N) is 3. The van der Waals surface area contributed by atoms with Gasteiger partial charge in [-0.1, -0.05) is 47.5 Å². The Labute approximate surface area is 270 Å². The molecule has 13 heteroatoms. The van der Waals surface area contributed by atoms with Crippen molar-refractivity contribution in [2.75, 3.05) is 50.3 Å². The number of piperidine rings is 1. The minimum atomic E-state index is -4.80. The molecule has 1 saturated heterocycles. The average Bonchev–Trinajstić information content (AvgIpc) is 3.31. The molecule has 0 N–H and O–H groups in total. The van der Waals surface area contributed by atoms with E-state index < -0.39 is 33.5 Å². The third kappa shape index (κ3) is 7.26. The van der Waals surface area contributed by atoms with E-state index in [2.05, 4.69) is 4.90 Å². The second kappa shape index (κ2) is 12.7. The summed E-state index contributed by atoms with van der Waals surface area (Å²) >= 11 is 12.5. The topological polar surface area (TPSA) is 60.9 Å². The zero-order valence-electron chi connectivity index (χ0n) is 24.8. The molecule has 0 bridgehead atoms. The molecule has 1 spiro atoms. The zero-order chi connectivity index (χ0) is 32.7. The number of hydrogen-bond acceptors (Lipinski definition) is 4. The second-order valence-corrected chi connectivity index (χ2v) is 14.7. The van der Waals surface area contributed by atoms with Crippen molar-refractivity contribution in [3.8, 4) is 0 Å². The Bertz CT molecular complexity index is 1700. The number of rotatable bonds is 8. The highest BCUT2D eigenvalue weighted by molar-refractivity contribution is 7.92. The van der Waals surface area contributed by atoms with E-state index >= 15 is 0 Å². The number of anilines is 1. The third-order valence-corrected chi connectivity index (χ3v) is 10.8. The van der Waals surface area contributed by atoms with Crippen molar-refractivity contribution in [3.63, 3.8) is 0 Å². The molecule has 3 aromatic rings. The maximum Gasteiger partial charge on any atom is 0.416 e. The number of hydrogen-bond donors (Lipinski definition) is 0. The fourth-order valence-electron chi connectivity index (χ4n) is 6.49. The molecule has 0 saturated carbocycles. The molecule has 2 heterocycles. The number of halogens is 6. The van der Waals surface area contributed by atoms with Gasteiger partial charge >= 0.3 is 6.18 Å². The van der Waals surface area contributed by atoms with Gasteiger partial charge in [-0.2, -0.15) is 13.2 Å². The SMILES string of the molecule is CN(C[C@@H](CCN1CCC2(CC1)CN(S(C)(=O)=O)c1ccccc12)c1ccc(Cl)c(Cl)c1)C(=O)c1cc(F)cc(C(F)(F)F)c1. The number of likely N-dealkylation sites (N-methyl/N-ethyl adjacent to an activating group) is 1. The lowest BCUT2D eigenvalue weighted by Gasteiger charge is -2.40. The largest absolute Gasteiger partial charge is 0.416 e. The molecule has 1 fully saturated rings. The molecule has 5 rings (SSSR count). The third-order valence-electron chi connectivity index (χ3n) is 8.93. The van der Waals surface area contributed by atoms with E-state index in [1.54, 1.807) is 12.1 Å². The molecule has 1 atom stereocenters. The first-order valence-corrected chi connectivity index (χ1v) is 17.1. The molecule has 45 heavy (non-hydrogen) atoms. The summed E-state index contributed by atoms with van der Waals surface area (Å²) in [6, 6.07) is 14.7. The van der Waals surface area contributed by atoms with Gasteiger partial charge in [0.1, 0.15) is 5.82 Å². The van der Waals surface area contributed by atoms with E-state index in [-0.39, 0.29) is 23.4 Å². The maximum absolute atomic E-state index is 14.1. The lowest BCUT2D eigenvalue weighted by molar-refractivity contribution is -0.137. The predicted octanol–water partition coefficient (Wildman–Crippen LogP) is 7.21. The van der Waals surface area contributed by atoms with Gasteiger partial charge in [0.25, 0.3) is 5.91 Å². The van der Waals surface area contributed by atoms with Crippen LogP contribution < -0.4 is 4.31 Å². The van der Waals surface area contributed by atoms with Crippen LogP contribution in [0.4, 0.5) is 23.2 Å². The van der Waals surface area contributed by atoms with Crippen molar-refractivity contribution in [2.45, 2.75) is 36.8 Å². The Morgan fingerprint density at radius 2 is 1.71 bits per heavy atom. The summed E-state index contributed by atoms with van der Waals surface area (Å²) in [5.74, 6) is -2.14. The Morgan fingerprint density at radius 1 is 1.02 bits per heavy atom. The van der Waals surface area contributed by atoms with Crippen LogP contribution in [0.5, 0.6) is 0 Å². The molecule has 0 unspecified atom stereocenters. The molecule has 0 radical (unpaired) electrons. The summed E-state index contributed by atoms with van der Waals surface area (Å²) in [5.41, 5.74) is 0.705. The Hall–Kier alpha value is -2.86. The van der Waals surface area contributed by atoms with Crippen LogP contribution in [0.1, 0.15) is 52.2 Å². The van der Waals surface area contributed by atoms with Gasteiger partial charge in [-0.05, 0) is 86.4 Å². The van der Waals surface area contributed by atoms with Gasteiger partial charge < -0.3 is 9.80 Å². The van der Waals surface area contributed by atoms with Gasteiger partial charge in [0.15, 0.2) is 0 Å². The number of benzene rings is 3. The fraction of sp³-hybridized carbons (Fsp3) is 0.406. The van der Waals surface area contributed by atoms with Crippen LogP contribution in [-0.2, 0) is 21.6 Å². The first kappa shape index (κ1) is 33.5. The van der Waals surface area contributed by atoms with Crippen molar-refractivity contribution < 1.29 is 30.8 Å². The molecule has 1 amide bonds. The quantitative estimate of drug-likeness (QED) is 0.235. The van der Waals surface area contributed by atoms with Gasteiger partial charge in [0.2, 0.25) is 10.0 Å². The number of likely N-dealkylation sites (tertiary alicyclic amines) is 1. The Kier molecular flexibility index (Phi) is 9.48. The highest BCUT2D eigenvalue weighted by atomic mass is 35.5. The monoisotopic (exact) mass is 685 g/mol. The first-order valence-electron chi connectivity index (χ1n) is 14.5. The summed E-state index contributed by atoms with van der Waals surface area (Å²) in [5, 5.41) is 0.702. The van der Waals surface area contributed by atoms with Crippen molar-refractivity contribution in [1.29, 1.82) is 0 Å². The number of carbonyl (C=O) groups is 1. The summed E-state index contributed by atoms with van der Waals surface area (Å²) in [6.45, 7) is 2.67. The standard InChI is InChI=1S/C32H33Cl2F4N3O3S/c1-39(30(42)23-15-24(32(36,37)38)18-25(35)16-23)19-22(21-7-8-27(33)28(34)17-21)9-12-40-13-10-31(11-14-40)20-41(45(2,43)44)29-6-4-3-5-26(29)31/h3-8,15-18,22H,9-14,19-20H2,1-2H3/t22-/m1/s1. The summed E-state index contributed by atoms with van der Waals surface area (Å²) in [6.07, 6.45) is -1.44. The molecule has 2 aliphatic rings. The van der Waals surface area contributed by atoms with Crippen LogP contribution in [-0.4, -0.2) is 70.2 Å². The lowest BCUT2D eigenvalue weighted by atomic mass is 9.74. The van der Waals surface area contributed by atoms with Gasteiger partial charge in [0, 0.05) is 37.0 Å². The fourth-order valence-corrected chi connectivity index (χ4v) is 7.80. The number of amides is 1. The van der Waals surface area contributed by atoms with E-state index in [0.717, 1.165) is 48.8 Å². The first-order chi connectivity index (χ1) is 21.1. The smallest absolute Gasteiger partial charge is 0.341 e. The van der Waals surface area contributed by atoms with Gasteiger partial charge in [0.05, 0.1) is 27.6 Å². The molecular formula is C32H33Cl2F4N3O3S. The van der Waals surface area contributed by atoms with Crippen LogP contribution in [0.2, 0.25) is 10.0 Å². The lowest BCUT2D eigenvalue weighted by Crippen LogP contribution is -2.46.